The second-order valence-electron chi connectivity index (χ2n) is 9.78. The van der Waals surface area contributed by atoms with Crippen molar-refractivity contribution in [3.63, 3.8) is 0 Å². The van der Waals surface area contributed by atoms with E-state index in [1.54, 1.807) is 0 Å². The molecule has 0 N–H and O–H groups in total. The van der Waals surface area contributed by atoms with Crippen LogP contribution in [0.15, 0.2) is 91.0 Å². The first kappa shape index (κ1) is 33.9. The molecule has 0 spiro atoms. The van der Waals surface area contributed by atoms with Gasteiger partial charge in [0.05, 0.1) is 35.7 Å². The van der Waals surface area contributed by atoms with Crippen LogP contribution >= 0.6 is 0 Å². The molecule has 0 saturated carbocycles. The molecule has 0 bridgehead atoms. The van der Waals surface area contributed by atoms with Crippen LogP contribution in [0.1, 0.15) is 36.5 Å². The fourth-order valence-corrected chi connectivity index (χ4v) is 5.23. The average molecular weight is 593 g/mol. The van der Waals surface area contributed by atoms with Crippen LogP contribution < -0.4 is 29.6 Å². The summed E-state index contributed by atoms with van der Waals surface area (Å²) in [6, 6.07) is 28.8. The molecule has 1 aliphatic rings. The van der Waals surface area contributed by atoms with Crippen molar-refractivity contribution in [2.75, 3.05) is 12.4 Å². The number of hydrogen-bond donors (Lipinski definition) is 0. The summed E-state index contributed by atoms with van der Waals surface area (Å²) in [6.45, 7) is 3.07. The van der Waals surface area contributed by atoms with Crippen molar-refractivity contribution < 1.29 is 66.2 Å². The predicted molar refractivity (Wildman–Crippen MR) is 149 cm³/mol. The van der Waals surface area contributed by atoms with E-state index in [-0.39, 0.29) is 49.4 Å². The molecule has 1 heterocycles. The first-order chi connectivity index (χ1) is 19.4. The molecule has 3 aromatic rings. The third-order valence-electron chi connectivity index (χ3n) is 6.60. The van der Waals surface area contributed by atoms with Gasteiger partial charge in [-0.25, -0.2) is 8.42 Å². The standard InChI is InChI=1S/C31H38O8S.Na/c1-2-3-19-35-31-30(38-22-26-17-11-6-12-18-26)29(37-21-25-15-9-5-10-16-25)28(27(39-31)23-40(32,33)34)36-20-24-13-7-4-8-14-24;/h4-18,27-31H,2-3,19-23H2,1H3,(H,32,33,34);/q;+1/p-1/t27-,28+,29+,30-,31+;/m1./s1. The van der Waals surface area contributed by atoms with Gasteiger partial charge in [0.15, 0.2) is 6.29 Å². The summed E-state index contributed by atoms with van der Waals surface area (Å²) < 4.78 is 67.3. The van der Waals surface area contributed by atoms with Gasteiger partial charge in [-0.1, -0.05) is 104 Å². The smallest absolute Gasteiger partial charge is 0.748 e. The minimum Gasteiger partial charge on any atom is -0.748 e. The maximum absolute atomic E-state index is 12.0. The monoisotopic (exact) mass is 592 g/mol. The summed E-state index contributed by atoms with van der Waals surface area (Å²) in [5.41, 5.74) is 2.76. The molecule has 216 valence electrons. The van der Waals surface area contributed by atoms with Crippen molar-refractivity contribution in [3.8, 4) is 0 Å². The van der Waals surface area contributed by atoms with E-state index in [0.717, 1.165) is 29.5 Å². The molecule has 1 fully saturated rings. The van der Waals surface area contributed by atoms with Gasteiger partial charge in [-0.15, -0.1) is 0 Å². The van der Waals surface area contributed by atoms with Crippen LogP contribution in [0.25, 0.3) is 0 Å². The summed E-state index contributed by atoms with van der Waals surface area (Å²) in [5.74, 6) is -0.781. The van der Waals surface area contributed by atoms with Crippen LogP contribution in [0.3, 0.4) is 0 Å². The minimum atomic E-state index is -4.66. The summed E-state index contributed by atoms with van der Waals surface area (Å²) in [4.78, 5) is 0. The van der Waals surface area contributed by atoms with Gasteiger partial charge in [0, 0.05) is 6.61 Å². The van der Waals surface area contributed by atoms with Crippen LogP contribution in [-0.4, -0.2) is 56.0 Å². The third-order valence-corrected chi connectivity index (χ3v) is 7.33. The zero-order chi connectivity index (χ0) is 28.2. The fourth-order valence-electron chi connectivity index (χ4n) is 4.56. The van der Waals surface area contributed by atoms with Crippen molar-refractivity contribution >= 4 is 10.1 Å². The van der Waals surface area contributed by atoms with E-state index < -0.39 is 46.6 Å². The van der Waals surface area contributed by atoms with Crippen molar-refractivity contribution in [1.82, 2.24) is 0 Å². The Kier molecular flexibility index (Phi) is 14.4. The Morgan fingerprint density at radius 2 is 1.12 bits per heavy atom. The van der Waals surface area contributed by atoms with Gasteiger partial charge in [-0.2, -0.15) is 0 Å². The third kappa shape index (κ3) is 11.2. The molecule has 10 heteroatoms. The fraction of sp³-hybridized carbons (Fsp3) is 0.419. The normalized spacial score (nSPS) is 22.6. The molecular weight excluding hydrogens is 555 g/mol. The number of ether oxygens (including phenoxy) is 5. The van der Waals surface area contributed by atoms with Crippen LogP contribution in [0.5, 0.6) is 0 Å². The molecule has 0 unspecified atom stereocenters. The van der Waals surface area contributed by atoms with E-state index in [9.17, 15) is 13.0 Å². The molecule has 41 heavy (non-hydrogen) atoms. The van der Waals surface area contributed by atoms with Crippen LogP contribution in [-0.2, 0) is 53.6 Å². The SMILES string of the molecule is CCCCO[C@H]1O[C@H](CS(=O)(=O)[O-])[C@H](OCc2ccccc2)[C@H](OCc2ccccc2)[C@H]1OCc1ccccc1.[Na+]. The second kappa shape index (κ2) is 17.5. The van der Waals surface area contributed by atoms with E-state index in [1.807, 2.05) is 97.9 Å². The van der Waals surface area contributed by atoms with Gasteiger partial charge in [0.25, 0.3) is 0 Å². The van der Waals surface area contributed by atoms with Crippen LogP contribution in [0.2, 0.25) is 0 Å². The summed E-state index contributed by atoms with van der Waals surface area (Å²) in [6.07, 6.45) is -2.86. The summed E-state index contributed by atoms with van der Waals surface area (Å²) in [5, 5.41) is 0. The second-order valence-corrected chi connectivity index (χ2v) is 11.2. The van der Waals surface area contributed by atoms with Gasteiger partial charge < -0.3 is 28.2 Å². The van der Waals surface area contributed by atoms with Gasteiger partial charge in [-0.3, -0.25) is 0 Å². The molecule has 8 nitrogen and oxygen atoms in total. The molecule has 0 aliphatic carbocycles. The van der Waals surface area contributed by atoms with E-state index in [1.165, 1.54) is 0 Å². The first-order valence-electron chi connectivity index (χ1n) is 13.6. The van der Waals surface area contributed by atoms with Gasteiger partial charge >= 0.3 is 29.6 Å². The molecule has 0 amide bonds. The topological polar surface area (TPSA) is 103 Å². The van der Waals surface area contributed by atoms with E-state index >= 15 is 0 Å². The van der Waals surface area contributed by atoms with E-state index in [0.29, 0.717) is 6.61 Å². The number of hydrogen-bond acceptors (Lipinski definition) is 8. The number of rotatable bonds is 15. The van der Waals surface area contributed by atoms with Gasteiger partial charge in [0.2, 0.25) is 0 Å². The maximum Gasteiger partial charge on any atom is 1.00 e. The van der Waals surface area contributed by atoms with Crippen molar-refractivity contribution in [1.29, 1.82) is 0 Å². The first-order valence-corrected chi connectivity index (χ1v) is 15.2. The predicted octanol–water partition coefficient (Wildman–Crippen LogP) is 1.83. The van der Waals surface area contributed by atoms with Gasteiger partial charge in [-0.05, 0) is 23.1 Å². The Morgan fingerprint density at radius 3 is 1.56 bits per heavy atom. The zero-order valence-electron chi connectivity index (χ0n) is 23.7. The van der Waals surface area contributed by atoms with Crippen LogP contribution in [0.4, 0.5) is 0 Å². The Labute approximate surface area is 265 Å². The number of benzene rings is 3. The Bertz CT molecular complexity index is 1230. The molecule has 0 radical (unpaired) electrons. The van der Waals surface area contributed by atoms with Crippen LogP contribution in [0, 0.1) is 0 Å². The Balaban J connectivity index is 0.00000462. The number of unbranched alkanes of at least 4 members (excludes halogenated alkanes) is 1. The van der Waals surface area contributed by atoms with Crippen molar-refractivity contribution in [3.05, 3.63) is 108 Å². The summed E-state index contributed by atoms with van der Waals surface area (Å²) >= 11 is 0. The molecule has 4 rings (SSSR count). The average Bonchev–Trinajstić information content (AvgIpc) is 2.96. The van der Waals surface area contributed by atoms with Crippen molar-refractivity contribution in [2.24, 2.45) is 0 Å². The largest absolute Gasteiger partial charge is 1.00 e. The minimum absolute atomic E-state index is 0. The summed E-state index contributed by atoms with van der Waals surface area (Å²) in [7, 11) is -4.66. The Morgan fingerprint density at radius 1 is 0.683 bits per heavy atom. The van der Waals surface area contributed by atoms with E-state index in [2.05, 4.69) is 0 Å². The van der Waals surface area contributed by atoms with Gasteiger partial charge in [0.1, 0.15) is 24.4 Å². The molecule has 1 saturated heterocycles. The zero-order valence-corrected chi connectivity index (χ0v) is 26.5. The molecule has 5 atom stereocenters. The van der Waals surface area contributed by atoms with Crippen molar-refractivity contribution in [2.45, 2.75) is 70.3 Å². The molecular formula is C31H37NaO8S. The molecule has 0 aromatic heterocycles. The molecule has 1 aliphatic heterocycles. The van der Waals surface area contributed by atoms with E-state index in [4.69, 9.17) is 23.7 Å². The molecule has 3 aromatic carbocycles. The quantitative estimate of drug-likeness (QED) is 0.150. The Hall–Kier alpha value is -1.63. The maximum atomic E-state index is 12.0.